The molecule has 0 bridgehead atoms. The summed E-state index contributed by atoms with van der Waals surface area (Å²) in [6.45, 7) is 18.4. The number of carboxylic acid groups (broad SMARTS) is 1. The maximum Gasteiger partial charge on any atom is 0.358 e. The Morgan fingerprint density at radius 3 is 1.19 bits per heavy atom. The zero-order chi connectivity index (χ0) is 49.8. The van der Waals surface area contributed by atoms with Gasteiger partial charge in [-0.15, -0.1) is 24.0 Å². The molecule has 1 atom stereocenters. The third kappa shape index (κ3) is 14.8. The van der Waals surface area contributed by atoms with Crippen LogP contribution < -0.4 is 0 Å². The van der Waals surface area contributed by atoms with Gasteiger partial charge in [0.05, 0.1) is 44.2 Å². The van der Waals surface area contributed by atoms with Gasteiger partial charge >= 0.3 is 17.9 Å². The summed E-state index contributed by atoms with van der Waals surface area (Å²) in [5.74, 6) is -2.72. The summed E-state index contributed by atoms with van der Waals surface area (Å²) in [6.07, 6.45) is 4.45. The lowest BCUT2D eigenvalue weighted by Crippen LogP contribution is -2.14. The summed E-state index contributed by atoms with van der Waals surface area (Å²) in [5, 5.41) is 22.5. The molecule has 8 rings (SSSR count). The van der Waals surface area contributed by atoms with Crippen LogP contribution in [-0.2, 0) is 25.7 Å². The third-order valence-corrected chi connectivity index (χ3v) is 10.1. The molecule has 0 fully saturated rings. The second kappa shape index (κ2) is 25.2. The van der Waals surface area contributed by atoms with Crippen LogP contribution in [0.4, 0.5) is 8.78 Å². The predicted octanol–water partition coefficient (Wildman–Crippen LogP) is 11.2. The number of esters is 2. The van der Waals surface area contributed by atoms with Crippen LogP contribution in [0.25, 0.3) is 39.5 Å². The molecule has 0 saturated heterocycles. The van der Waals surface area contributed by atoms with Crippen LogP contribution in [0.3, 0.4) is 0 Å². The maximum absolute atomic E-state index is 13.2. The first-order valence-electron chi connectivity index (χ1n) is 20.3. The number of methoxy groups -OCH3 is 2. The van der Waals surface area contributed by atoms with Gasteiger partial charge in [0.1, 0.15) is 16.8 Å². The van der Waals surface area contributed by atoms with Crippen molar-refractivity contribution in [1.82, 2.24) is 43.8 Å². The van der Waals surface area contributed by atoms with Crippen molar-refractivity contribution in [3.05, 3.63) is 136 Å². The number of nitrogens with zero attached hydrogens (tertiary/aromatic N) is 9. The summed E-state index contributed by atoms with van der Waals surface area (Å²) < 4.78 is 40.2. The standard InChI is InChI=1S/C18H18FN3O2.C17H16FN3O2.C12H14ClN3O2.I2.HI.H2O.H3P/c1-18(2,3)13-9-14(11-5-7-12(19)8-6-11)21-22-10-15(17(23)24-4)20-16(13)22;1-17(2,3)12-8-13(10-4-6-11(18)7-5-10)20-21-9-14(16(22)23)19-15(12)21;1-12(2,3)7-5-9(13)15-16-6-8(11(17)18-4)14-10(7)16;1-2;;;/h5-10H,1-4H3;4-9H,1-3H3,(H,22,23);5-6H,1-4H3;;1H;1H2;1H3. The first-order chi connectivity index (χ1) is 31.4. The molecule has 70 heavy (non-hydrogen) atoms. The molecule has 0 radical (unpaired) electrons. The van der Waals surface area contributed by atoms with Gasteiger partial charge in [-0.3, -0.25) is 0 Å². The highest BCUT2D eigenvalue weighted by atomic mass is 128. The van der Waals surface area contributed by atoms with E-state index in [0.717, 1.165) is 27.8 Å². The molecule has 0 aliphatic carbocycles. The quantitative estimate of drug-likeness (QED) is 0.0968. The molecule has 0 saturated carbocycles. The largest absolute Gasteiger partial charge is 0.476 e. The lowest BCUT2D eigenvalue weighted by atomic mass is 9.87. The van der Waals surface area contributed by atoms with Gasteiger partial charge in [-0.1, -0.05) is 73.9 Å². The van der Waals surface area contributed by atoms with Crippen LogP contribution in [0.15, 0.2) is 85.3 Å². The number of aromatic nitrogens is 9. The summed E-state index contributed by atoms with van der Waals surface area (Å²) in [7, 11) is 2.63. The van der Waals surface area contributed by atoms with Crippen molar-refractivity contribution in [2.24, 2.45) is 0 Å². The second-order valence-electron chi connectivity index (χ2n) is 18.0. The van der Waals surface area contributed by atoms with Crippen molar-refractivity contribution in [3.8, 4) is 22.5 Å². The number of aromatic carboxylic acids is 1. The van der Waals surface area contributed by atoms with Crippen LogP contribution in [0, 0.1) is 11.6 Å². The molecule has 2 aromatic carbocycles. The fourth-order valence-electron chi connectivity index (χ4n) is 6.59. The Morgan fingerprint density at radius 1 is 0.571 bits per heavy atom. The molecule has 3 N–H and O–H groups in total. The van der Waals surface area contributed by atoms with Gasteiger partial charge in [-0.2, -0.15) is 25.2 Å². The van der Waals surface area contributed by atoms with Crippen LogP contribution in [0.2, 0.25) is 5.15 Å². The van der Waals surface area contributed by atoms with Crippen LogP contribution in [-0.4, -0.2) is 86.5 Å². The fraction of sp³-hybridized carbons (Fsp3) is 0.298. The number of ether oxygens (including phenoxy) is 2. The number of halogens is 6. The molecule has 0 spiro atoms. The number of hydrogen-bond donors (Lipinski definition) is 1. The molecule has 376 valence electrons. The van der Waals surface area contributed by atoms with E-state index in [1.807, 2.05) is 53.7 Å². The SMILES string of the molecule is CC(C)(C)c1cc(-c2ccc(F)cc2)nn2cc(C(=O)O)nc12.COC(=O)c1cn2nc(-c3ccc(F)cc3)cc(C(C)(C)C)c2n1.COC(=O)c1cn2nc(Cl)cc(C(C)(C)C)c2n1.I.II.O.P. The van der Waals surface area contributed by atoms with Crippen molar-refractivity contribution in [2.75, 3.05) is 14.2 Å². The maximum atomic E-state index is 13.2. The molecular formula is C47H54ClF2I3N9O7P. The van der Waals surface area contributed by atoms with Crippen molar-refractivity contribution in [2.45, 2.75) is 78.6 Å². The highest BCUT2D eigenvalue weighted by Crippen LogP contribution is 2.32. The number of fused-ring (bicyclic) bond motifs is 3. The summed E-state index contributed by atoms with van der Waals surface area (Å²) in [6, 6.07) is 17.7. The Hall–Kier alpha value is -4.56. The minimum absolute atomic E-state index is 0. The number of rotatable bonds is 5. The summed E-state index contributed by atoms with van der Waals surface area (Å²) >= 11 is 10.2. The lowest BCUT2D eigenvalue weighted by molar-refractivity contribution is 0.0586. The van der Waals surface area contributed by atoms with Gasteiger partial charge in [0, 0.05) is 65.0 Å². The highest BCUT2D eigenvalue weighted by Gasteiger charge is 2.26. The average Bonchev–Trinajstić information content (AvgIpc) is 4.03. The number of carbonyl (C=O) groups excluding carboxylic acids is 2. The molecule has 0 aliphatic heterocycles. The van der Waals surface area contributed by atoms with E-state index in [-0.39, 0.29) is 84.3 Å². The van der Waals surface area contributed by atoms with Gasteiger partial charge in [0.15, 0.2) is 34.0 Å². The minimum Gasteiger partial charge on any atom is -0.476 e. The first-order valence-corrected chi connectivity index (χ1v) is 27.0. The topological polar surface area (TPSA) is 212 Å². The van der Waals surface area contributed by atoms with Crippen molar-refractivity contribution < 1.29 is 43.2 Å². The van der Waals surface area contributed by atoms with E-state index in [1.165, 1.54) is 59.9 Å². The normalized spacial score (nSPS) is 11.0. The van der Waals surface area contributed by atoms with E-state index in [4.69, 9.17) is 21.4 Å². The van der Waals surface area contributed by atoms with Crippen molar-refractivity contribution >= 4 is 118 Å². The fourth-order valence-corrected chi connectivity index (χ4v) is 6.78. The number of hydrogen-bond acceptors (Lipinski definition) is 11. The minimum atomic E-state index is -1.10. The van der Waals surface area contributed by atoms with Crippen molar-refractivity contribution in [1.29, 1.82) is 0 Å². The first kappa shape index (κ1) is 61.6. The number of carboxylic acids is 1. The van der Waals surface area contributed by atoms with E-state index >= 15 is 0 Å². The molecule has 6 heterocycles. The Morgan fingerprint density at radius 2 is 0.871 bits per heavy atom. The highest BCUT2D eigenvalue weighted by molar-refractivity contribution is 15.0. The number of benzene rings is 2. The van der Waals surface area contributed by atoms with Gasteiger partial charge in [0.25, 0.3) is 0 Å². The molecule has 8 aromatic rings. The summed E-state index contributed by atoms with van der Waals surface area (Å²) in [5.41, 5.74) is 7.10. The molecule has 0 aliphatic rings. The lowest BCUT2D eigenvalue weighted by Gasteiger charge is -2.20. The Labute approximate surface area is 452 Å². The van der Waals surface area contributed by atoms with E-state index in [9.17, 15) is 23.2 Å². The molecular weight excluding hydrogens is 1290 g/mol. The van der Waals surface area contributed by atoms with E-state index in [0.29, 0.717) is 33.5 Å². The zero-order valence-corrected chi connectivity index (χ0v) is 48.9. The number of carbonyl (C=O) groups is 3. The van der Waals surface area contributed by atoms with E-state index in [2.05, 4.69) is 93.0 Å². The van der Waals surface area contributed by atoms with E-state index in [1.54, 1.807) is 41.0 Å². The van der Waals surface area contributed by atoms with Crippen LogP contribution >= 0.6 is 82.7 Å². The molecule has 23 heteroatoms. The summed E-state index contributed by atoms with van der Waals surface area (Å²) in [4.78, 5) is 47.2. The van der Waals surface area contributed by atoms with Crippen molar-refractivity contribution in [3.63, 3.8) is 0 Å². The monoisotopic (exact) mass is 1340 g/mol. The smallest absolute Gasteiger partial charge is 0.358 e. The zero-order valence-electron chi connectivity index (χ0n) is 40.1. The molecule has 1 unspecified atom stereocenters. The van der Waals surface area contributed by atoms with Gasteiger partial charge in [-0.05, 0) is 83.0 Å². The van der Waals surface area contributed by atoms with Crippen LogP contribution in [0.5, 0.6) is 0 Å². The Balaban J connectivity index is 0.000000350. The second-order valence-corrected chi connectivity index (χ2v) is 18.4. The number of imidazole rings is 3. The van der Waals surface area contributed by atoms with Gasteiger partial charge in [0.2, 0.25) is 0 Å². The van der Waals surface area contributed by atoms with Crippen LogP contribution in [0.1, 0.15) is 110 Å². The predicted molar refractivity (Wildman–Crippen MR) is 299 cm³/mol. The molecule has 16 nitrogen and oxygen atoms in total. The third-order valence-electron chi connectivity index (χ3n) is 9.96. The van der Waals surface area contributed by atoms with Gasteiger partial charge < -0.3 is 20.1 Å². The van der Waals surface area contributed by atoms with Gasteiger partial charge in [-0.25, -0.2) is 51.7 Å². The molecule has 0 amide bonds. The molecule has 6 aromatic heterocycles. The Bertz CT molecular complexity index is 3100. The average molecular weight is 1340 g/mol. The Kier molecular flexibility index (Phi) is 22.2. The van der Waals surface area contributed by atoms with E-state index < -0.39 is 17.9 Å².